The molecular formula is C17H23NO3. The van der Waals surface area contributed by atoms with Crippen molar-refractivity contribution in [2.45, 2.75) is 38.6 Å². The van der Waals surface area contributed by atoms with Crippen LogP contribution in [0.3, 0.4) is 0 Å². The molecule has 1 aliphatic rings. The molecule has 4 nitrogen and oxygen atoms in total. The molecule has 1 saturated carbocycles. The van der Waals surface area contributed by atoms with Crippen LogP contribution in [0.1, 0.15) is 38.7 Å². The second kappa shape index (κ2) is 5.43. The minimum atomic E-state index is -0.960. The summed E-state index contributed by atoms with van der Waals surface area (Å²) in [4.78, 5) is 11.1. The van der Waals surface area contributed by atoms with E-state index in [1.165, 1.54) is 0 Å². The predicted molar refractivity (Wildman–Crippen MR) is 82.8 cm³/mol. The van der Waals surface area contributed by atoms with Crippen LogP contribution in [0.2, 0.25) is 0 Å². The Morgan fingerprint density at radius 1 is 1.48 bits per heavy atom. The van der Waals surface area contributed by atoms with Crippen molar-refractivity contribution in [2.24, 2.45) is 5.41 Å². The molecule has 2 atom stereocenters. The van der Waals surface area contributed by atoms with E-state index in [9.17, 15) is 4.79 Å². The highest BCUT2D eigenvalue weighted by atomic mass is 16.5. The molecule has 0 saturated heterocycles. The average molecular weight is 289 g/mol. The number of ether oxygens (including phenoxy) is 1. The Morgan fingerprint density at radius 3 is 2.57 bits per heavy atom. The van der Waals surface area contributed by atoms with Crippen molar-refractivity contribution in [3.05, 3.63) is 42.5 Å². The van der Waals surface area contributed by atoms with Crippen molar-refractivity contribution in [3.8, 4) is 5.75 Å². The van der Waals surface area contributed by atoms with Gasteiger partial charge in [0, 0.05) is 5.92 Å². The number of rotatable bonds is 5. The molecule has 1 fully saturated rings. The molecule has 0 aliphatic heterocycles. The molecule has 1 aromatic rings. The molecule has 114 valence electrons. The lowest BCUT2D eigenvalue weighted by atomic mass is 9.81. The third-order valence-corrected chi connectivity index (χ3v) is 4.28. The van der Waals surface area contributed by atoms with Gasteiger partial charge in [0.2, 0.25) is 0 Å². The molecule has 1 aliphatic carbocycles. The van der Waals surface area contributed by atoms with E-state index in [4.69, 9.17) is 9.84 Å². The number of benzene rings is 1. The smallest absolute Gasteiger partial charge is 0.405 e. The maximum absolute atomic E-state index is 11.1. The molecule has 0 radical (unpaired) electrons. The topological polar surface area (TPSA) is 58.6 Å². The van der Waals surface area contributed by atoms with Gasteiger partial charge in [-0.25, -0.2) is 4.79 Å². The molecule has 0 aromatic heterocycles. The number of nitrogens with one attached hydrogen (secondary N) is 1. The average Bonchev–Trinajstić information content (AvgIpc) is 3.11. The number of carboxylic acid groups (broad SMARTS) is 1. The van der Waals surface area contributed by atoms with E-state index in [1.807, 2.05) is 24.3 Å². The highest BCUT2D eigenvalue weighted by Gasteiger charge is 2.62. The van der Waals surface area contributed by atoms with E-state index in [0.29, 0.717) is 6.61 Å². The highest BCUT2D eigenvalue weighted by molar-refractivity contribution is 5.67. The van der Waals surface area contributed by atoms with Gasteiger partial charge in [0.1, 0.15) is 12.4 Å². The fourth-order valence-electron chi connectivity index (χ4n) is 2.96. The Hall–Kier alpha value is -1.97. The summed E-state index contributed by atoms with van der Waals surface area (Å²) >= 11 is 0. The van der Waals surface area contributed by atoms with Crippen molar-refractivity contribution in [1.82, 2.24) is 5.32 Å². The van der Waals surface area contributed by atoms with Crippen LogP contribution in [0.25, 0.3) is 0 Å². The van der Waals surface area contributed by atoms with Gasteiger partial charge in [-0.3, -0.25) is 0 Å². The second-order valence-electron chi connectivity index (χ2n) is 6.58. The minimum Gasteiger partial charge on any atom is -0.490 e. The zero-order valence-electron chi connectivity index (χ0n) is 12.8. The molecule has 1 aromatic carbocycles. The maximum atomic E-state index is 11.1. The fourth-order valence-corrected chi connectivity index (χ4v) is 2.96. The van der Waals surface area contributed by atoms with Gasteiger partial charge in [-0.2, -0.15) is 0 Å². The summed E-state index contributed by atoms with van der Waals surface area (Å²) in [5.41, 5.74) is 0.626. The summed E-state index contributed by atoms with van der Waals surface area (Å²) in [6.07, 6.45) is 1.57. The highest BCUT2D eigenvalue weighted by Crippen LogP contribution is 2.60. The van der Waals surface area contributed by atoms with Gasteiger partial charge >= 0.3 is 6.09 Å². The SMILES string of the molecule is C=CCOc1ccc(C2CC2(NC(=O)O)C(C)(C)C)cc1. The van der Waals surface area contributed by atoms with Crippen molar-refractivity contribution in [2.75, 3.05) is 6.61 Å². The molecule has 4 heteroatoms. The maximum Gasteiger partial charge on any atom is 0.405 e. The Balaban J connectivity index is 2.15. The lowest BCUT2D eigenvalue weighted by Crippen LogP contribution is -2.47. The van der Waals surface area contributed by atoms with Crippen molar-refractivity contribution >= 4 is 6.09 Å². The van der Waals surface area contributed by atoms with Crippen LogP contribution in [-0.2, 0) is 0 Å². The van der Waals surface area contributed by atoms with Crippen LogP contribution in [0.15, 0.2) is 36.9 Å². The summed E-state index contributed by atoms with van der Waals surface area (Å²) in [7, 11) is 0. The van der Waals surface area contributed by atoms with E-state index in [2.05, 4.69) is 32.7 Å². The number of amides is 1. The number of hydrogen-bond acceptors (Lipinski definition) is 2. The zero-order valence-corrected chi connectivity index (χ0v) is 12.8. The van der Waals surface area contributed by atoms with E-state index in [1.54, 1.807) is 6.08 Å². The summed E-state index contributed by atoms with van der Waals surface area (Å²) in [5, 5.41) is 11.9. The fraction of sp³-hybridized carbons (Fsp3) is 0.471. The van der Waals surface area contributed by atoms with Crippen molar-refractivity contribution in [3.63, 3.8) is 0 Å². The first-order chi connectivity index (χ1) is 9.80. The van der Waals surface area contributed by atoms with Gasteiger partial charge in [-0.15, -0.1) is 0 Å². The van der Waals surface area contributed by atoms with Crippen LogP contribution >= 0.6 is 0 Å². The van der Waals surface area contributed by atoms with Crippen LogP contribution in [-0.4, -0.2) is 23.3 Å². The van der Waals surface area contributed by atoms with Gasteiger partial charge in [-0.05, 0) is 29.5 Å². The van der Waals surface area contributed by atoms with Crippen LogP contribution in [0.4, 0.5) is 4.79 Å². The number of hydrogen-bond donors (Lipinski definition) is 2. The predicted octanol–water partition coefficient (Wildman–Crippen LogP) is 3.79. The van der Waals surface area contributed by atoms with Gasteiger partial charge in [0.25, 0.3) is 0 Å². The molecular weight excluding hydrogens is 266 g/mol. The standard InChI is InChI=1S/C17H23NO3/c1-5-10-21-13-8-6-12(7-9-13)14-11-17(14,16(2,3)4)18-15(19)20/h5-9,14,18H,1,10-11H2,2-4H3,(H,19,20). The molecule has 2 N–H and O–H groups in total. The van der Waals surface area contributed by atoms with Gasteiger partial charge in [-0.1, -0.05) is 45.6 Å². The van der Waals surface area contributed by atoms with E-state index in [-0.39, 0.29) is 16.9 Å². The molecule has 21 heavy (non-hydrogen) atoms. The summed E-state index contributed by atoms with van der Waals surface area (Å²) < 4.78 is 5.47. The summed E-state index contributed by atoms with van der Waals surface area (Å²) in [6.45, 7) is 10.3. The first-order valence-electron chi connectivity index (χ1n) is 7.15. The molecule has 0 bridgehead atoms. The minimum absolute atomic E-state index is 0.131. The van der Waals surface area contributed by atoms with E-state index >= 15 is 0 Å². The van der Waals surface area contributed by atoms with Crippen LogP contribution in [0, 0.1) is 5.41 Å². The van der Waals surface area contributed by atoms with Gasteiger partial charge in [0.15, 0.2) is 0 Å². The third-order valence-electron chi connectivity index (χ3n) is 4.28. The molecule has 0 heterocycles. The lowest BCUT2D eigenvalue weighted by Gasteiger charge is -2.32. The quantitative estimate of drug-likeness (QED) is 0.811. The summed E-state index contributed by atoms with van der Waals surface area (Å²) in [6, 6.07) is 7.87. The molecule has 0 spiro atoms. The molecule has 1 amide bonds. The molecule has 2 unspecified atom stereocenters. The lowest BCUT2D eigenvalue weighted by molar-refractivity contribution is 0.167. The Bertz CT molecular complexity index is 530. The third kappa shape index (κ3) is 3.04. The zero-order chi connectivity index (χ0) is 15.7. The Kier molecular flexibility index (Phi) is 3.99. The van der Waals surface area contributed by atoms with E-state index < -0.39 is 6.09 Å². The van der Waals surface area contributed by atoms with E-state index in [0.717, 1.165) is 17.7 Å². The normalized spacial score (nSPS) is 24.2. The number of carbonyl (C=O) groups is 1. The summed E-state index contributed by atoms with van der Waals surface area (Å²) in [5.74, 6) is 1.01. The largest absolute Gasteiger partial charge is 0.490 e. The van der Waals surface area contributed by atoms with Crippen molar-refractivity contribution < 1.29 is 14.6 Å². The monoisotopic (exact) mass is 289 g/mol. The Morgan fingerprint density at radius 2 is 2.10 bits per heavy atom. The first kappa shape index (κ1) is 15.4. The van der Waals surface area contributed by atoms with Gasteiger partial charge in [0.05, 0.1) is 5.54 Å². The van der Waals surface area contributed by atoms with Crippen molar-refractivity contribution in [1.29, 1.82) is 0 Å². The van der Waals surface area contributed by atoms with Crippen LogP contribution in [0.5, 0.6) is 5.75 Å². The molecule has 2 rings (SSSR count). The van der Waals surface area contributed by atoms with Gasteiger partial charge < -0.3 is 15.2 Å². The van der Waals surface area contributed by atoms with Crippen LogP contribution < -0.4 is 10.1 Å². The second-order valence-corrected chi connectivity index (χ2v) is 6.58. The first-order valence-corrected chi connectivity index (χ1v) is 7.15. The Labute approximate surface area is 125 Å².